The maximum absolute atomic E-state index is 11.8. The average Bonchev–Trinajstić information content (AvgIpc) is 2.98. The molecule has 0 radical (unpaired) electrons. The van der Waals surface area contributed by atoms with Gasteiger partial charge in [0.25, 0.3) is 11.7 Å². The van der Waals surface area contributed by atoms with Crippen LogP contribution in [0.2, 0.25) is 0 Å². The summed E-state index contributed by atoms with van der Waals surface area (Å²) >= 11 is 0. The van der Waals surface area contributed by atoms with Crippen molar-refractivity contribution in [2.75, 3.05) is 6.54 Å². The standard InChI is InChI=1S/C16H15N3O3/c1-10-18-15(19-22-10)16(21)17-9-14(20)13-7-6-11-4-2-3-5-12(11)8-13/h2-8,14,20H,9H2,1H3,(H,17,21). The van der Waals surface area contributed by atoms with Gasteiger partial charge in [0.1, 0.15) is 0 Å². The number of hydrogen-bond acceptors (Lipinski definition) is 5. The summed E-state index contributed by atoms with van der Waals surface area (Å²) in [4.78, 5) is 15.6. The second-order valence-corrected chi connectivity index (χ2v) is 4.97. The van der Waals surface area contributed by atoms with Crippen molar-refractivity contribution >= 4 is 16.7 Å². The molecular weight excluding hydrogens is 282 g/mol. The van der Waals surface area contributed by atoms with Crippen molar-refractivity contribution in [1.29, 1.82) is 0 Å². The molecule has 0 bridgehead atoms. The van der Waals surface area contributed by atoms with E-state index in [1.165, 1.54) is 0 Å². The number of aryl methyl sites for hydroxylation is 1. The number of aliphatic hydroxyl groups excluding tert-OH is 1. The molecule has 6 heteroatoms. The number of hydrogen-bond donors (Lipinski definition) is 2. The first kappa shape index (κ1) is 14.2. The number of amides is 1. The number of fused-ring (bicyclic) bond motifs is 1. The molecule has 22 heavy (non-hydrogen) atoms. The van der Waals surface area contributed by atoms with Crippen LogP contribution in [0, 0.1) is 6.92 Å². The number of benzene rings is 2. The molecule has 1 amide bonds. The number of carbonyl (C=O) groups is 1. The second kappa shape index (κ2) is 5.95. The van der Waals surface area contributed by atoms with Crippen molar-refractivity contribution in [3.05, 3.63) is 59.7 Å². The summed E-state index contributed by atoms with van der Waals surface area (Å²) in [7, 11) is 0. The molecule has 0 spiro atoms. The number of aromatic nitrogens is 2. The third-order valence-corrected chi connectivity index (χ3v) is 3.34. The molecule has 1 heterocycles. The number of nitrogens with zero attached hydrogens (tertiary/aromatic N) is 2. The maximum atomic E-state index is 11.8. The van der Waals surface area contributed by atoms with E-state index in [1.54, 1.807) is 6.92 Å². The molecule has 0 aliphatic heterocycles. The highest BCUT2D eigenvalue weighted by Crippen LogP contribution is 2.20. The van der Waals surface area contributed by atoms with Gasteiger partial charge in [-0.1, -0.05) is 41.6 Å². The van der Waals surface area contributed by atoms with Gasteiger partial charge in [-0.25, -0.2) is 0 Å². The van der Waals surface area contributed by atoms with Gasteiger partial charge in [0.05, 0.1) is 6.10 Å². The Morgan fingerprint density at radius 2 is 2.05 bits per heavy atom. The van der Waals surface area contributed by atoms with E-state index in [2.05, 4.69) is 15.5 Å². The minimum Gasteiger partial charge on any atom is -0.387 e. The summed E-state index contributed by atoms with van der Waals surface area (Å²) in [6.45, 7) is 1.68. The Hall–Kier alpha value is -2.73. The summed E-state index contributed by atoms with van der Waals surface area (Å²) in [6, 6.07) is 13.6. The summed E-state index contributed by atoms with van der Waals surface area (Å²) in [5.74, 6) is -0.194. The number of carbonyl (C=O) groups excluding carboxylic acids is 1. The van der Waals surface area contributed by atoms with Crippen LogP contribution >= 0.6 is 0 Å². The van der Waals surface area contributed by atoms with E-state index in [0.29, 0.717) is 5.89 Å². The van der Waals surface area contributed by atoms with Gasteiger partial charge in [-0.05, 0) is 22.4 Å². The molecule has 0 saturated carbocycles. The zero-order valence-corrected chi connectivity index (χ0v) is 12.0. The van der Waals surface area contributed by atoms with Gasteiger partial charge in [-0.15, -0.1) is 0 Å². The molecule has 3 rings (SSSR count). The van der Waals surface area contributed by atoms with Crippen LogP contribution in [0.1, 0.15) is 28.2 Å². The fourth-order valence-corrected chi connectivity index (χ4v) is 2.19. The summed E-state index contributed by atoms with van der Waals surface area (Å²) in [5.41, 5.74) is 0.739. The molecule has 0 aliphatic rings. The Morgan fingerprint density at radius 1 is 1.27 bits per heavy atom. The van der Waals surface area contributed by atoms with Crippen molar-refractivity contribution in [1.82, 2.24) is 15.5 Å². The van der Waals surface area contributed by atoms with Crippen LogP contribution in [-0.4, -0.2) is 27.7 Å². The molecular formula is C16H15N3O3. The molecule has 0 aliphatic carbocycles. The van der Waals surface area contributed by atoms with E-state index in [9.17, 15) is 9.90 Å². The molecule has 1 unspecified atom stereocenters. The van der Waals surface area contributed by atoms with Gasteiger partial charge < -0.3 is 14.9 Å². The van der Waals surface area contributed by atoms with Crippen LogP contribution in [0.3, 0.4) is 0 Å². The topological polar surface area (TPSA) is 88.2 Å². The molecule has 3 aromatic rings. The second-order valence-electron chi connectivity index (χ2n) is 4.97. The summed E-state index contributed by atoms with van der Waals surface area (Å²) in [5, 5.41) is 18.5. The van der Waals surface area contributed by atoms with Crippen LogP contribution in [-0.2, 0) is 0 Å². The predicted octanol–water partition coefficient (Wildman–Crippen LogP) is 1.99. The molecule has 6 nitrogen and oxygen atoms in total. The number of nitrogens with one attached hydrogen (secondary N) is 1. The summed E-state index contributed by atoms with van der Waals surface area (Å²) < 4.78 is 4.74. The van der Waals surface area contributed by atoms with Gasteiger partial charge in [0.2, 0.25) is 5.89 Å². The van der Waals surface area contributed by atoms with Crippen LogP contribution in [0.15, 0.2) is 47.0 Å². The van der Waals surface area contributed by atoms with E-state index in [4.69, 9.17) is 4.52 Å². The monoisotopic (exact) mass is 297 g/mol. The van der Waals surface area contributed by atoms with Gasteiger partial charge in [0.15, 0.2) is 0 Å². The fourth-order valence-electron chi connectivity index (χ4n) is 2.19. The molecule has 2 aromatic carbocycles. The Bertz CT molecular complexity index is 813. The third kappa shape index (κ3) is 2.96. The first-order valence-electron chi connectivity index (χ1n) is 6.89. The lowest BCUT2D eigenvalue weighted by atomic mass is 10.0. The lowest BCUT2D eigenvalue weighted by molar-refractivity contribution is 0.0903. The summed E-state index contributed by atoms with van der Waals surface area (Å²) in [6.07, 6.45) is -0.804. The first-order valence-corrected chi connectivity index (χ1v) is 6.89. The van der Waals surface area contributed by atoms with Crippen molar-refractivity contribution in [2.45, 2.75) is 13.0 Å². The molecule has 2 N–H and O–H groups in total. The van der Waals surface area contributed by atoms with E-state index < -0.39 is 12.0 Å². The zero-order chi connectivity index (χ0) is 15.5. The van der Waals surface area contributed by atoms with Crippen molar-refractivity contribution in [2.24, 2.45) is 0 Å². The van der Waals surface area contributed by atoms with Crippen molar-refractivity contribution in [3.63, 3.8) is 0 Å². The van der Waals surface area contributed by atoms with Crippen molar-refractivity contribution in [3.8, 4) is 0 Å². The number of rotatable bonds is 4. The van der Waals surface area contributed by atoms with E-state index in [0.717, 1.165) is 16.3 Å². The highest BCUT2D eigenvalue weighted by atomic mass is 16.5. The van der Waals surface area contributed by atoms with E-state index >= 15 is 0 Å². The average molecular weight is 297 g/mol. The van der Waals surface area contributed by atoms with Gasteiger partial charge in [-0.3, -0.25) is 4.79 Å². The van der Waals surface area contributed by atoms with Crippen LogP contribution < -0.4 is 5.32 Å². The van der Waals surface area contributed by atoms with Gasteiger partial charge in [-0.2, -0.15) is 4.98 Å². The lowest BCUT2D eigenvalue weighted by Crippen LogP contribution is -2.29. The molecule has 0 saturated heterocycles. The molecule has 1 atom stereocenters. The Kier molecular flexibility index (Phi) is 3.84. The predicted molar refractivity (Wildman–Crippen MR) is 80.3 cm³/mol. The first-order chi connectivity index (χ1) is 10.6. The van der Waals surface area contributed by atoms with Gasteiger partial charge >= 0.3 is 0 Å². The number of aliphatic hydroxyl groups is 1. The smallest absolute Gasteiger partial charge is 0.292 e. The van der Waals surface area contributed by atoms with Gasteiger partial charge in [0, 0.05) is 13.5 Å². The van der Waals surface area contributed by atoms with Crippen LogP contribution in [0.4, 0.5) is 0 Å². The van der Waals surface area contributed by atoms with E-state index in [1.807, 2.05) is 42.5 Å². The largest absolute Gasteiger partial charge is 0.387 e. The Labute approximate surface area is 126 Å². The van der Waals surface area contributed by atoms with E-state index in [-0.39, 0.29) is 12.4 Å². The molecule has 112 valence electrons. The SMILES string of the molecule is Cc1nc(C(=O)NCC(O)c2ccc3ccccc3c2)no1. The Balaban J connectivity index is 1.68. The maximum Gasteiger partial charge on any atom is 0.292 e. The quantitative estimate of drug-likeness (QED) is 0.769. The third-order valence-electron chi connectivity index (χ3n) is 3.34. The zero-order valence-electron chi connectivity index (χ0n) is 12.0. The highest BCUT2D eigenvalue weighted by Gasteiger charge is 2.15. The van der Waals surface area contributed by atoms with Crippen LogP contribution in [0.5, 0.6) is 0 Å². The fraction of sp³-hybridized carbons (Fsp3) is 0.188. The Morgan fingerprint density at radius 3 is 2.77 bits per heavy atom. The minimum absolute atomic E-state index is 0.0387. The normalized spacial score (nSPS) is 12.3. The minimum atomic E-state index is -0.804. The van der Waals surface area contributed by atoms with Crippen molar-refractivity contribution < 1.29 is 14.4 Å². The lowest BCUT2D eigenvalue weighted by Gasteiger charge is -2.12. The highest BCUT2D eigenvalue weighted by molar-refractivity contribution is 5.90. The molecule has 1 aromatic heterocycles. The molecule has 0 fully saturated rings. The van der Waals surface area contributed by atoms with Crippen LogP contribution in [0.25, 0.3) is 10.8 Å².